The molecule has 1 aromatic carbocycles. The number of anilines is 1. The first-order valence-corrected chi connectivity index (χ1v) is 10.0. The zero-order valence-corrected chi connectivity index (χ0v) is 15.2. The smallest absolute Gasteiger partial charge is 0.251 e. The molecule has 5 rings (SSSR count). The number of benzene rings is 1. The molecule has 5 atom stereocenters. The van der Waals surface area contributed by atoms with Crippen molar-refractivity contribution in [1.82, 2.24) is 5.32 Å². The molecule has 2 heterocycles. The van der Waals surface area contributed by atoms with Gasteiger partial charge in [0.2, 0.25) is 11.8 Å². The van der Waals surface area contributed by atoms with E-state index in [1.54, 1.807) is 24.3 Å². The summed E-state index contributed by atoms with van der Waals surface area (Å²) in [6.45, 7) is 1.23. The predicted octanol–water partition coefficient (Wildman–Crippen LogP) is 2.13. The highest BCUT2D eigenvalue weighted by molar-refractivity contribution is 6.22. The lowest BCUT2D eigenvalue weighted by atomic mass is 9.81. The number of hydrogen-bond donors (Lipinski definition) is 1. The maximum Gasteiger partial charge on any atom is 0.251 e. The molecule has 4 aliphatic rings. The number of hydrogen-bond acceptors (Lipinski definition) is 4. The molecular weight excluding hydrogens is 344 g/mol. The third-order valence-electron chi connectivity index (χ3n) is 6.81. The monoisotopic (exact) mass is 368 g/mol. The van der Waals surface area contributed by atoms with Crippen LogP contribution < -0.4 is 10.2 Å². The standard InChI is InChI=1S/C21H24N2O4/c24-19(22-11-16-5-2-8-27-16)14-3-1-4-15(10-14)23-20(25)17-12-6-7-13(9-12)18(17)21(23)26/h1,3-4,10,12-13,16-18H,2,5-9,11H2,(H,22,24). The van der Waals surface area contributed by atoms with Crippen molar-refractivity contribution in [3.8, 4) is 0 Å². The SMILES string of the molecule is O=C(NCC1CCCO1)c1cccc(N2C(=O)C3C4CCC(C4)C3C2=O)c1. The molecule has 1 N–H and O–H groups in total. The van der Waals surface area contributed by atoms with Gasteiger partial charge in [0.05, 0.1) is 23.6 Å². The van der Waals surface area contributed by atoms with Gasteiger partial charge in [-0.1, -0.05) is 6.07 Å². The van der Waals surface area contributed by atoms with Gasteiger partial charge in [-0.05, 0) is 62.1 Å². The molecule has 2 saturated carbocycles. The lowest BCUT2D eigenvalue weighted by Crippen LogP contribution is -2.34. The van der Waals surface area contributed by atoms with Gasteiger partial charge >= 0.3 is 0 Å². The Morgan fingerprint density at radius 1 is 1.11 bits per heavy atom. The van der Waals surface area contributed by atoms with E-state index in [0.717, 1.165) is 38.7 Å². The summed E-state index contributed by atoms with van der Waals surface area (Å²) in [4.78, 5) is 39.7. The largest absolute Gasteiger partial charge is 0.376 e. The Kier molecular flexibility index (Phi) is 4.04. The van der Waals surface area contributed by atoms with Crippen LogP contribution in [0.4, 0.5) is 5.69 Å². The average molecular weight is 368 g/mol. The number of nitrogens with zero attached hydrogens (tertiary/aromatic N) is 1. The summed E-state index contributed by atoms with van der Waals surface area (Å²) >= 11 is 0. The van der Waals surface area contributed by atoms with Crippen LogP contribution in [0.25, 0.3) is 0 Å². The molecule has 2 saturated heterocycles. The van der Waals surface area contributed by atoms with E-state index in [1.807, 2.05) is 0 Å². The zero-order chi connectivity index (χ0) is 18.5. The minimum atomic E-state index is -0.202. The highest BCUT2D eigenvalue weighted by Crippen LogP contribution is 2.56. The third kappa shape index (κ3) is 2.69. The van der Waals surface area contributed by atoms with Crippen molar-refractivity contribution >= 4 is 23.4 Å². The number of ether oxygens (including phenoxy) is 1. The molecule has 2 aliphatic heterocycles. The van der Waals surface area contributed by atoms with E-state index in [-0.39, 0.29) is 35.7 Å². The van der Waals surface area contributed by atoms with Crippen LogP contribution in [0, 0.1) is 23.7 Å². The van der Waals surface area contributed by atoms with E-state index in [4.69, 9.17) is 4.74 Å². The molecule has 0 radical (unpaired) electrons. The summed E-state index contributed by atoms with van der Waals surface area (Å²) in [5, 5.41) is 2.89. The minimum absolute atomic E-state index is 0.0749. The minimum Gasteiger partial charge on any atom is -0.376 e. The maximum atomic E-state index is 13.0. The average Bonchev–Trinajstić information content (AvgIpc) is 3.45. The molecular formula is C21H24N2O4. The number of fused-ring (bicyclic) bond motifs is 5. The van der Waals surface area contributed by atoms with E-state index in [1.165, 1.54) is 4.90 Å². The molecule has 2 bridgehead atoms. The number of amides is 3. The summed E-state index contributed by atoms with van der Waals surface area (Å²) in [6, 6.07) is 6.85. The van der Waals surface area contributed by atoms with Gasteiger partial charge in [0.25, 0.3) is 5.91 Å². The Hall–Kier alpha value is -2.21. The first kappa shape index (κ1) is 16.9. The van der Waals surface area contributed by atoms with E-state index < -0.39 is 0 Å². The summed E-state index contributed by atoms with van der Waals surface area (Å²) < 4.78 is 5.53. The highest BCUT2D eigenvalue weighted by Gasteiger charge is 2.61. The van der Waals surface area contributed by atoms with Crippen LogP contribution in [0.15, 0.2) is 24.3 Å². The van der Waals surface area contributed by atoms with Crippen LogP contribution in [0.5, 0.6) is 0 Å². The molecule has 2 aliphatic carbocycles. The van der Waals surface area contributed by atoms with Crippen molar-refractivity contribution in [1.29, 1.82) is 0 Å². The van der Waals surface area contributed by atoms with Crippen molar-refractivity contribution in [3.63, 3.8) is 0 Å². The van der Waals surface area contributed by atoms with Crippen LogP contribution in [-0.4, -0.2) is 37.0 Å². The second-order valence-corrected chi connectivity index (χ2v) is 8.29. The molecule has 6 nitrogen and oxygen atoms in total. The van der Waals surface area contributed by atoms with Gasteiger partial charge < -0.3 is 10.1 Å². The topological polar surface area (TPSA) is 75.7 Å². The lowest BCUT2D eigenvalue weighted by Gasteiger charge is -2.19. The van der Waals surface area contributed by atoms with E-state index in [2.05, 4.69) is 5.32 Å². The first-order valence-electron chi connectivity index (χ1n) is 10.0. The van der Waals surface area contributed by atoms with E-state index >= 15 is 0 Å². The molecule has 4 fully saturated rings. The fourth-order valence-corrected chi connectivity index (χ4v) is 5.56. The van der Waals surface area contributed by atoms with Crippen molar-refractivity contribution < 1.29 is 19.1 Å². The fraction of sp³-hybridized carbons (Fsp3) is 0.571. The van der Waals surface area contributed by atoms with Crippen LogP contribution in [0.3, 0.4) is 0 Å². The van der Waals surface area contributed by atoms with Crippen molar-refractivity contribution in [2.75, 3.05) is 18.1 Å². The highest BCUT2D eigenvalue weighted by atomic mass is 16.5. The number of nitrogens with one attached hydrogen (secondary N) is 1. The molecule has 27 heavy (non-hydrogen) atoms. The quantitative estimate of drug-likeness (QED) is 0.826. The van der Waals surface area contributed by atoms with Gasteiger partial charge in [-0.2, -0.15) is 0 Å². The summed E-state index contributed by atoms with van der Waals surface area (Å²) in [5.41, 5.74) is 0.981. The number of rotatable bonds is 4. The molecule has 0 aromatic heterocycles. The molecule has 5 unspecified atom stereocenters. The maximum absolute atomic E-state index is 13.0. The Morgan fingerprint density at radius 2 is 1.85 bits per heavy atom. The third-order valence-corrected chi connectivity index (χ3v) is 6.81. The number of imide groups is 1. The predicted molar refractivity (Wildman–Crippen MR) is 98.1 cm³/mol. The van der Waals surface area contributed by atoms with Crippen LogP contribution in [0.1, 0.15) is 42.5 Å². The summed E-state index contributed by atoms with van der Waals surface area (Å²) in [5.74, 6) is 0.0788. The van der Waals surface area contributed by atoms with Gasteiger partial charge in [-0.15, -0.1) is 0 Å². The molecule has 142 valence electrons. The van der Waals surface area contributed by atoms with Gasteiger partial charge in [0.15, 0.2) is 0 Å². The number of carbonyl (C=O) groups is 3. The van der Waals surface area contributed by atoms with Crippen molar-refractivity contribution in [2.45, 2.75) is 38.2 Å². The molecule has 6 heteroatoms. The number of carbonyl (C=O) groups excluding carboxylic acids is 3. The molecule has 0 spiro atoms. The van der Waals surface area contributed by atoms with Gasteiger partial charge in [-0.3, -0.25) is 19.3 Å². The van der Waals surface area contributed by atoms with Crippen LogP contribution >= 0.6 is 0 Å². The first-order chi connectivity index (χ1) is 13.1. The van der Waals surface area contributed by atoms with Gasteiger partial charge in [0.1, 0.15) is 0 Å². The fourth-order valence-electron chi connectivity index (χ4n) is 5.56. The van der Waals surface area contributed by atoms with Crippen LogP contribution in [-0.2, 0) is 14.3 Å². The second-order valence-electron chi connectivity index (χ2n) is 8.29. The van der Waals surface area contributed by atoms with Crippen molar-refractivity contribution in [2.24, 2.45) is 23.7 Å². The second kappa shape index (κ2) is 6.44. The Morgan fingerprint density at radius 3 is 2.52 bits per heavy atom. The van der Waals surface area contributed by atoms with Gasteiger partial charge in [-0.25, -0.2) is 0 Å². The Labute approximate surface area is 158 Å². The van der Waals surface area contributed by atoms with E-state index in [9.17, 15) is 14.4 Å². The Bertz CT molecular complexity index is 773. The molecule has 1 aromatic rings. The normalized spacial score (nSPS) is 34.4. The molecule has 3 amide bonds. The van der Waals surface area contributed by atoms with Crippen LogP contribution in [0.2, 0.25) is 0 Å². The summed E-state index contributed by atoms with van der Waals surface area (Å²) in [6.07, 6.45) is 5.21. The Balaban J connectivity index is 1.34. The van der Waals surface area contributed by atoms with Crippen molar-refractivity contribution in [3.05, 3.63) is 29.8 Å². The zero-order valence-electron chi connectivity index (χ0n) is 15.2. The van der Waals surface area contributed by atoms with E-state index in [0.29, 0.717) is 29.6 Å². The lowest BCUT2D eigenvalue weighted by molar-refractivity contribution is -0.123. The summed E-state index contributed by atoms with van der Waals surface area (Å²) in [7, 11) is 0. The van der Waals surface area contributed by atoms with Gasteiger partial charge in [0, 0.05) is 18.7 Å².